The van der Waals surface area contributed by atoms with Gasteiger partial charge in [-0.05, 0) is 24.4 Å². The summed E-state index contributed by atoms with van der Waals surface area (Å²) in [6.07, 6.45) is 1.45. The number of aromatic nitrogens is 5. The van der Waals surface area contributed by atoms with Crippen LogP contribution in [0.3, 0.4) is 0 Å². The van der Waals surface area contributed by atoms with Crippen molar-refractivity contribution < 1.29 is 8.42 Å². The second kappa shape index (κ2) is 4.44. The van der Waals surface area contributed by atoms with E-state index in [1.54, 1.807) is 4.57 Å². The number of nitrogens with two attached hydrogens (primary N) is 1. The topological polar surface area (TPSA) is 108 Å². The summed E-state index contributed by atoms with van der Waals surface area (Å²) in [7, 11) is -4.00. The van der Waals surface area contributed by atoms with E-state index in [4.69, 9.17) is 17.4 Å². The van der Waals surface area contributed by atoms with E-state index in [0.29, 0.717) is 0 Å². The van der Waals surface area contributed by atoms with Crippen molar-refractivity contribution in [1.29, 1.82) is 0 Å². The average molecular weight is 308 g/mol. The second-order valence-electron chi connectivity index (χ2n) is 3.88. The first-order valence-corrected chi connectivity index (χ1v) is 7.35. The normalized spacial score (nSPS) is 11.8. The predicted molar refractivity (Wildman–Crippen MR) is 72.3 cm³/mol. The van der Waals surface area contributed by atoms with Crippen molar-refractivity contribution in [1.82, 2.24) is 24.1 Å². The lowest BCUT2D eigenvalue weighted by molar-refractivity contribution is 0.588. The SMILES string of the molecule is NS(=O)(=O)c1nc2ncn(-c3ccccc3)c(=S)n2n1. The van der Waals surface area contributed by atoms with Gasteiger partial charge in [0.2, 0.25) is 4.77 Å². The van der Waals surface area contributed by atoms with Crippen molar-refractivity contribution in [2.24, 2.45) is 5.14 Å². The van der Waals surface area contributed by atoms with E-state index in [0.717, 1.165) is 10.2 Å². The number of hydrogen-bond donors (Lipinski definition) is 1. The van der Waals surface area contributed by atoms with Crippen LogP contribution in [0.4, 0.5) is 0 Å². The Morgan fingerprint density at radius 1 is 1.20 bits per heavy atom. The Morgan fingerprint density at radius 2 is 1.90 bits per heavy atom. The van der Waals surface area contributed by atoms with Gasteiger partial charge in [0.15, 0.2) is 0 Å². The van der Waals surface area contributed by atoms with Crippen LogP contribution >= 0.6 is 12.2 Å². The fourth-order valence-electron chi connectivity index (χ4n) is 1.64. The van der Waals surface area contributed by atoms with Crippen molar-refractivity contribution in [3.05, 3.63) is 41.4 Å². The van der Waals surface area contributed by atoms with Crippen molar-refractivity contribution in [2.45, 2.75) is 5.16 Å². The zero-order chi connectivity index (χ0) is 14.3. The molecule has 2 N–H and O–H groups in total. The van der Waals surface area contributed by atoms with Gasteiger partial charge in [0.05, 0.1) is 0 Å². The van der Waals surface area contributed by atoms with E-state index in [9.17, 15) is 8.42 Å². The zero-order valence-electron chi connectivity index (χ0n) is 9.91. The van der Waals surface area contributed by atoms with Gasteiger partial charge in [-0.3, -0.25) is 4.57 Å². The third kappa shape index (κ3) is 2.09. The Kier molecular flexibility index (Phi) is 2.85. The van der Waals surface area contributed by atoms with Crippen LogP contribution in [0.2, 0.25) is 0 Å². The van der Waals surface area contributed by atoms with E-state index >= 15 is 0 Å². The first-order valence-electron chi connectivity index (χ1n) is 5.39. The molecule has 1 aromatic carbocycles. The largest absolute Gasteiger partial charge is 0.284 e. The van der Waals surface area contributed by atoms with E-state index in [1.807, 2.05) is 30.3 Å². The van der Waals surface area contributed by atoms with Gasteiger partial charge in [-0.1, -0.05) is 18.2 Å². The molecule has 0 atom stereocenters. The molecule has 2 heterocycles. The highest BCUT2D eigenvalue weighted by Crippen LogP contribution is 2.09. The van der Waals surface area contributed by atoms with E-state index in [1.165, 1.54) is 6.33 Å². The zero-order valence-corrected chi connectivity index (χ0v) is 11.5. The van der Waals surface area contributed by atoms with E-state index in [2.05, 4.69) is 15.1 Å². The van der Waals surface area contributed by atoms with Crippen molar-refractivity contribution in [2.75, 3.05) is 0 Å². The lowest BCUT2D eigenvalue weighted by Crippen LogP contribution is -2.14. The molecule has 20 heavy (non-hydrogen) atoms. The quantitative estimate of drug-likeness (QED) is 0.682. The van der Waals surface area contributed by atoms with Crippen LogP contribution in [0.15, 0.2) is 41.8 Å². The molecule has 0 aliphatic rings. The van der Waals surface area contributed by atoms with Gasteiger partial charge in [-0.2, -0.15) is 9.50 Å². The summed E-state index contributed by atoms with van der Waals surface area (Å²) in [5.41, 5.74) is 0.777. The first kappa shape index (κ1) is 12.8. The molecule has 10 heteroatoms. The molecule has 2 aromatic heterocycles. The molecule has 0 unspecified atom stereocenters. The molecule has 3 aromatic rings. The Hall–Kier alpha value is -2.17. The monoisotopic (exact) mass is 308 g/mol. The van der Waals surface area contributed by atoms with Gasteiger partial charge in [0.1, 0.15) is 6.33 Å². The maximum Gasteiger partial charge on any atom is 0.284 e. The van der Waals surface area contributed by atoms with Crippen LogP contribution in [0, 0.1) is 4.77 Å². The summed E-state index contributed by atoms with van der Waals surface area (Å²) < 4.78 is 25.5. The highest BCUT2D eigenvalue weighted by Gasteiger charge is 2.17. The van der Waals surface area contributed by atoms with Crippen LogP contribution in [0.5, 0.6) is 0 Å². The minimum atomic E-state index is -4.00. The molecule has 0 saturated heterocycles. The van der Waals surface area contributed by atoms with Gasteiger partial charge in [-0.15, -0.1) is 5.10 Å². The first-order chi connectivity index (χ1) is 9.47. The molecule has 0 saturated carbocycles. The Balaban J connectivity index is 2.29. The molecule has 3 rings (SSSR count). The maximum absolute atomic E-state index is 11.2. The van der Waals surface area contributed by atoms with Gasteiger partial charge in [0.25, 0.3) is 21.0 Å². The highest BCUT2D eigenvalue weighted by atomic mass is 32.2. The summed E-state index contributed by atoms with van der Waals surface area (Å²) in [5.74, 6) is 0.0752. The Bertz CT molecular complexity index is 945. The third-order valence-corrected chi connectivity index (χ3v) is 3.59. The van der Waals surface area contributed by atoms with Crippen LogP contribution in [-0.2, 0) is 10.0 Å². The molecule has 0 bridgehead atoms. The fourth-order valence-corrected chi connectivity index (χ4v) is 2.32. The summed E-state index contributed by atoms with van der Waals surface area (Å²) >= 11 is 5.26. The Morgan fingerprint density at radius 3 is 2.55 bits per heavy atom. The summed E-state index contributed by atoms with van der Waals surface area (Å²) in [6.45, 7) is 0. The summed E-state index contributed by atoms with van der Waals surface area (Å²) in [6, 6.07) is 9.23. The van der Waals surface area contributed by atoms with Crippen molar-refractivity contribution in [3.63, 3.8) is 0 Å². The smallest absolute Gasteiger partial charge is 0.276 e. The second-order valence-corrected chi connectivity index (χ2v) is 5.70. The van der Waals surface area contributed by atoms with Gasteiger partial charge in [0, 0.05) is 5.69 Å². The minimum Gasteiger partial charge on any atom is -0.276 e. The number of fused-ring (bicyclic) bond motifs is 1. The lowest BCUT2D eigenvalue weighted by Gasteiger charge is -2.05. The van der Waals surface area contributed by atoms with Gasteiger partial charge >= 0.3 is 0 Å². The molecule has 0 aliphatic heterocycles. The Labute approximate surface area is 118 Å². The third-order valence-electron chi connectivity index (χ3n) is 2.54. The number of sulfonamides is 1. The molecule has 0 spiro atoms. The summed E-state index contributed by atoms with van der Waals surface area (Å²) in [5, 5.41) is 8.25. The molecular formula is C10H8N6O2S2. The van der Waals surface area contributed by atoms with E-state index < -0.39 is 15.2 Å². The predicted octanol–water partition coefficient (Wildman–Crippen LogP) is 0.292. The number of para-hydroxylation sites is 1. The van der Waals surface area contributed by atoms with Gasteiger partial charge < -0.3 is 0 Å². The number of primary sulfonamides is 1. The summed E-state index contributed by atoms with van der Waals surface area (Å²) in [4.78, 5) is 7.75. The van der Waals surface area contributed by atoms with Crippen LogP contribution < -0.4 is 5.14 Å². The number of hydrogen-bond acceptors (Lipinski definition) is 6. The molecular weight excluding hydrogens is 300 g/mol. The van der Waals surface area contributed by atoms with Crippen molar-refractivity contribution in [3.8, 4) is 5.69 Å². The van der Waals surface area contributed by atoms with Crippen LogP contribution in [0.25, 0.3) is 11.5 Å². The number of rotatable bonds is 2. The molecule has 0 radical (unpaired) electrons. The molecule has 0 amide bonds. The minimum absolute atomic E-state index is 0.0752. The molecule has 102 valence electrons. The van der Waals surface area contributed by atoms with Gasteiger partial charge in [-0.25, -0.2) is 18.5 Å². The maximum atomic E-state index is 11.2. The average Bonchev–Trinajstić information content (AvgIpc) is 2.85. The highest BCUT2D eigenvalue weighted by molar-refractivity contribution is 7.89. The lowest BCUT2D eigenvalue weighted by atomic mass is 10.3. The molecule has 8 nitrogen and oxygen atoms in total. The van der Waals surface area contributed by atoms with E-state index in [-0.39, 0.29) is 10.5 Å². The number of benzene rings is 1. The molecule has 0 fully saturated rings. The van der Waals surface area contributed by atoms with Crippen LogP contribution in [0.1, 0.15) is 0 Å². The number of nitrogens with zero attached hydrogens (tertiary/aromatic N) is 5. The standard InChI is InChI=1S/C10H8N6O2S2/c11-20(17,18)9-13-8-12-6-15(10(19)16(8)14-9)7-4-2-1-3-5-7/h1-6H,(H2,11,17,18). The van der Waals surface area contributed by atoms with Crippen LogP contribution in [-0.4, -0.2) is 32.6 Å². The fraction of sp³-hybridized carbons (Fsp3) is 0. The molecule has 0 aliphatic carbocycles. The van der Waals surface area contributed by atoms with Crippen molar-refractivity contribution >= 4 is 28.0 Å².